The van der Waals surface area contributed by atoms with Crippen LogP contribution in [-0.2, 0) is 20.1 Å². The molecule has 0 unspecified atom stereocenters. The monoisotopic (exact) mass is 340 g/mol. The number of aromatic nitrogens is 4. The second-order valence-corrected chi connectivity index (χ2v) is 6.11. The molecule has 0 aliphatic heterocycles. The first-order valence-corrected chi connectivity index (χ1v) is 8.11. The maximum atomic E-state index is 5.30. The molecule has 6 nitrogen and oxygen atoms in total. The van der Waals surface area contributed by atoms with E-state index in [1.54, 1.807) is 10.9 Å². The number of nitrogens with zero attached hydrogens (tertiary/aromatic N) is 4. The van der Waals surface area contributed by atoms with E-state index in [9.17, 15) is 0 Å². The van der Waals surface area contributed by atoms with Gasteiger partial charge in [0.25, 0.3) is 0 Å². The zero-order valence-corrected chi connectivity index (χ0v) is 14.5. The molecular weight excluding hydrogens is 320 g/mol. The third-order valence-corrected chi connectivity index (χ3v) is 3.80. The summed E-state index contributed by atoms with van der Waals surface area (Å²) in [5, 5.41) is 15.5. The number of hydrogen-bond donors (Lipinski definition) is 2. The highest BCUT2D eigenvalue weighted by Crippen LogP contribution is 2.09. The lowest BCUT2D eigenvalue weighted by Crippen LogP contribution is -2.27. The Morgan fingerprint density at radius 3 is 2.71 bits per heavy atom. The highest BCUT2D eigenvalue weighted by molar-refractivity contribution is 7.80. The number of benzene rings is 1. The van der Waals surface area contributed by atoms with Crippen LogP contribution in [0, 0.1) is 6.92 Å². The van der Waals surface area contributed by atoms with Crippen LogP contribution in [-0.4, -0.2) is 24.7 Å². The van der Waals surface area contributed by atoms with Crippen molar-refractivity contribution >= 4 is 23.0 Å². The van der Waals surface area contributed by atoms with Crippen molar-refractivity contribution in [2.45, 2.75) is 20.0 Å². The van der Waals surface area contributed by atoms with Crippen LogP contribution in [0.2, 0.25) is 0 Å². The zero-order valence-electron chi connectivity index (χ0n) is 13.7. The minimum Gasteiger partial charge on any atom is -0.357 e. The van der Waals surface area contributed by atoms with Crippen LogP contribution >= 0.6 is 12.2 Å². The van der Waals surface area contributed by atoms with Crippen LogP contribution in [0.5, 0.6) is 0 Å². The molecule has 0 aliphatic rings. The lowest BCUT2D eigenvalue weighted by atomic mass is 10.1. The van der Waals surface area contributed by atoms with Crippen molar-refractivity contribution in [2.24, 2.45) is 7.05 Å². The van der Waals surface area contributed by atoms with Crippen molar-refractivity contribution < 1.29 is 0 Å². The molecule has 0 atom stereocenters. The van der Waals surface area contributed by atoms with Gasteiger partial charge in [-0.05, 0) is 30.8 Å². The molecule has 3 rings (SSSR count). The van der Waals surface area contributed by atoms with E-state index in [-0.39, 0.29) is 0 Å². The second-order valence-electron chi connectivity index (χ2n) is 5.70. The summed E-state index contributed by atoms with van der Waals surface area (Å²) >= 11 is 5.30. The van der Waals surface area contributed by atoms with Gasteiger partial charge in [0.2, 0.25) is 0 Å². The van der Waals surface area contributed by atoms with E-state index in [0.717, 1.165) is 17.9 Å². The van der Waals surface area contributed by atoms with E-state index < -0.39 is 0 Å². The predicted octanol–water partition coefficient (Wildman–Crippen LogP) is 2.46. The molecule has 0 fully saturated rings. The number of nitrogens with one attached hydrogen (secondary N) is 2. The molecule has 0 spiro atoms. The summed E-state index contributed by atoms with van der Waals surface area (Å²) < 4.78 is 3.65. The van der Waals surface area contributed by atoms with E-state index in [2.05, 4.69) is 52.0 Å². The number of thiocarbonyl (C=S) groups is 1. The smallest absolute Gasteiger partial charge is 0.171 e. The zero-order chi connectivity index (χ0) is 16.9. The van der Waals surface area contributed by atoms with Gasteiger partial charge in [-0.15, -0.1) is 0 Å². The molecule has 0 bridgehead atoms. The fourth-order valence-corrected chi connectivity index (χ4v) is 2.49. The average molecular weight is 340 g/mol. The summed E-state index contributed by atoms with van der Waals surface area (Å²) in [6, 6.07) is 10.4. The molecule has 0 saturated carbocycles. The highest BCUT2D eigenvalue weighted by Gasteiger charge is 2.03. The van der Waals surface area contributed by atoms with Gasteiger partial charge >= 0.3 is 0 Å². The van der Waals surface area contributed by atoms with Crippen LogP contribution < -0.4 is 10.6 Å². The predicted molar refractivity (Wildman–Crippen MR) is 98.8 cm³/mol. The van der Waals surface area contributed by atoms with Gasteiger partial charge in [-0.3, -0.25) is 9.36 Å². The maximum Gasteiger partial charge on any atom is 0.171 e. The van der Waals surface area contributed by atoms with Gasteiger partial charge < -0.3 is 10.6 Å². The van der Waals surface area contributed by atoms with Crippen molar-refractivity contribution in [1.82, 2.24) is 24.9 Å². The van der Waals surface area contributed by atoms with Crippen LogP contribution in [0.4, 0.5) is 5.69 Å². The standard InChI is InChI=1S/C17H20N6S/c1-13-3-5-14(6-4-13)11-23-12-16(10-19-23)20-17(24)18-9-15-7-8-22(2)21-15/h3-8,10,12H,9,11H2,1-2H3,(H2,18,20,24). The van der Waals surface area contributed by atoms with E-state index >= 15 is 0 Å². The highest BCUT2D eigenvalue weighted by atomic mass is 32.1. The normalized spacial score (nSPS) is 10.6. The quantitative estimate of drug-likeness (QED) is 0.699. The molecule has 0 amide bonds. The Labute approximate surface area is 146 Å². The summed E-state index contributed by atoms with van der Waals surface area (Å²) in [7, 11) is 1.89. The molecular formula is C17H20N6S. The van der Waals surface area contributed by atoms with Crippen LogP contribution in [0.15, 0.2) is 48.9 Å². The van der Waals surface area contributed by atoms with E-state index in [1.807, 2.05) is 30.2 Å². The summed E-state index contributed by atoms with van der Waals surface area (Å²) in [4.78, 5) is 0. The summed E-state index contributed by atoms with van der Waals surface area (Å²) in [5.41, 5.74) is 4.27. The molecule has 0 saturated heterocycles. The van der Waals surface area contributed by atoms with Crippen molar-refractivity contribution in [3.63, 3.8) is 0 Å². The van der Waals surface area contributed by atoms with E-state index in [4.69, 9.17) is 12.2 Å². The van der Waals surface area contributed by atoms with Gasteiger partial charge in [0, 0.05) is 19.4 Å². The second kappa shape index (κ2) is 7.27. The van der Waals surface area contributed by atoms with Crippen LogP contribution in [0.3, 0.4) is 0 Å². The molecule has 2 N–H and O–H groups in total. The van der Waals surface area contributed by atoms with Gasteiger partial charge in [-0.2, -0.15) is 10.2 Å². The number of anilines is 1. The van der Waals surface area contributed by atoms with Crippen molar-refractivity contribution in [2.75, 3.05) is 5.32 Å². The molecule has 1 aromatic carbocycles. The van der Waals surface area contributed by atoms with Gasteiger partial charge in [-0.1, -0.05) is 29.8 Å². The Kier molecular flexibility index (Phi) is 4.90. The third-order valence-electron chi connectivity index (χ3n) is 3.56. The fraction of sp³-hybridized carbons (Fsp3) is 0.235. The summed E-state index contributed by atoms with van der Waals surface area (Å²) in [6.07, 6.45) is 5.61. The Morgan fingerprint density at radius 1 is 1.21 bits per heavy atom. The Morgan fingerprint density at radius 2 is 2.00 bits per heavy atom. The topological polar surface area (TPSA) is 59.7 Å². The van der Waals surface area contributed by atoms with Gasteiger partial charge in [0.05, 0.1) is 30.7 Å². The third kappa shape index (κ3) is 4.42. The largest absolute Gasteiger partial charge is 0.357 e. The summed E-state index contributed by atoms with van der Waals surface area (Å²) in [5.74, 6) is 0. The van der Waals surface area contributed by atoms with Crippen molar-refractivity contribution in [3.8, 4) is 0 Å². The molecule has 2 heterocycles. The number of rotatable bonds is 5. The molecule has 7 heteroatoms. The van der Waals surface area contributed by atoms with E-state index in [1.165, 1.54) is 11.1 Å². The van der Waals surface area contributed by atoms with Crippen molar-refractivity contribution in [3.05, 3.63) is 65.7 Å². The lowest BCUT2D eigenvalue weighted by Gasteiger charge is -2.07. The Hall–Kier alpha value is -2.67. The SMILES string of the molecule is Cc1ccc(Cn2cc(NC(=S)NCc3ccn(C)n3)cn2)cc1. The number of aryl methyl sites for hydroxylation is 2. The molecule has 24 heavy (non-hydrogen) atoms. The molecule has 3 aromatic rings. The van der Waals surface area contributed by atoms with Crippen LogP contribution in [0.1, 0.15) is 16.8 Å². The number of hydrogen-bond acceptors (Lipinski definition) is 3. The molecule has 2 aromatic heterocycles. The summed E-state index contributed by atoms with van der Waals surface area (Å²) in [6.45, 7) is 3.40. The maximum absolute atomic E-state index is 5.30. The first-order chi connectivity index (χ1) is 11.6. The van der Waals surface area contributed by atoms with Crippen molar-refractivity contribution in [1.29, 1.82) is 0 Å². The van der Waals surface area contributed by atoms with E-state index in [0.29, 0.717) is 11.7 Å². The lowest BCUT2D eigenvalue weighted by molar-refractivity contribution is 0.687. The first-order valence-electron chi connectivity index (χ1n) is 7.70. The minimum absolute atomic E-state index is 0.551. The molecule has 0 aliphatic carbocycles. The average Bonchev–Trinajstić information content (AvgIpc) is 3.17. The van der Waals surface area contributed by atoms with Crippen LogP contribution in [0.25, 0.3) is 0 Å². The Balaban J connectivity index is 1.51. The van der Waals surface area contributed by atoms with Gasteiger partial charge in [-0.25, -0.2) is 0 Å². The fourth-order valence-electron chi connectivity index (χ4n) is 2.30. The Bertz CT molecular complexity index is 818. The first kappa shape index (κ1) is 16.2. The molecule has 124 valence electrons. The van der Waals surface area contributed by atoms with Gasteiger partial charge in [0.1, 0.15) is 0 Å². The molecule has 0 radical (unpaired) electrons. The van der Waals surface area contributed by atoms with Gasteiger partial charge in [0.15, 0.2) is 5.11 Å². The minimum atomic E-state index is 0.551.